The lowest BCUT2D eigenvalue weighted by atomic mass is 9.99. The molecule has 0 heterocycles. The van der Waals surface area contributed by atoms with Crippen molar-refractivity contribution >= 4 is 0 Å². The summed E-state index contributed by atoms with van der Waals surface area (Å²) in [6.45, 7) is 1.81. The monoisotopic (exact) mass is 214 g/mol. The highest BCUT2D eigenvalue weighted by atomic mass is 16.3. The van der Waals surface area contributed by atoms with Crippen LogP contribution in [0, 0.1) is 6.92 Å². The molecule has 0 aliphatic heterocycles. The standard InChI is InChI=1S/C14H14O2/c1-10-12(7-8-13(15)14(10)16)9-11-5-3-2-4-6-11/h2-8,15-16H,9H2,1H3. The van der Waals surface area contributed by atoms with E-state index in [0.29, 0.717) is 0 Å². The van der Waals surface area contributed by atoms with Crippen molar-refractivity contribution < 1.29 is 10.2 Å². The third kappa shape index (κ3) is 2.01. The highest BCUT2D eigenvalue weighted by Crippen LogP contribution is 2.31. The van der Waals surface area contributed by atoms with Gasteiger partial charge in [0.1, 0.15) is 0 Å². The van der Waals surface area contributed by atoms with Gasteiger partial charge in [0.15, 0.2) is 11.5 Å². The maximum atomic E-state index is 9.62. The fourth-order valence-corrected chi connectivity index (χ4v) is 1.73. The van der Waals surface area contributed by atoms with Crippen LogP contribution >= 0.6 is 0 Å². The molecule has 16 heavy (non-hydrogen) atoms. The maximum absolute atomic E-state index is 9.62. The van der Waals surface area contributed by atoms with Gasteiger partial charge in [0.2, 0.25) is 0 Å². The van der Waals surface area contributed by atoms with Crippen LogP contribution in [0.2, 0.25) is 0 Å². The summed E-state index contributed by atoms with van der Waals surface area (Å²) in [6.07, 6.45) is 0.764. The highest BCUT2D eigenvalue weighted by Gasteiger charge is 2.07. The summed E-state index contributed by atoms with van der Waals surface area (Å²) in [5, 5.41) is 19.0. The SMILES string of the molecule is Cc1c(Cc2ccccc2)ccc(O)c1O. The minimum Gasteiger partial charge on any atom is -0.504 e. The summed E-state index contributed by atoms with van der Waals surface area (Å²) in [7, 11) is 0. The minimum absolute atomic E-state index is 0.0200. The number of aromatic hydroxyl groups is 2. The van der Waals surface area contributed by atoms with Gasteiger partial charge in [-0.25, -0.2) is 0 Å². The number of phenols is 2. The largest absolute Gasteiger partial charge is 0.504 e. The van der Waals surface area contributed by atoms with Crippen LogP contribution in [-0.2, 0) is 6.42 Å². The summed E-state index contributed by atoms with van der Waals surface area (Å²) in [5.41, 5.74) is 2.96. The molecule has 0 saturated heterocycles. The zero-order chi connectivity index (χ0) is 11.5. The van der Waals surface area contributed by atoms with Gasteiger partial charge in [0.05, 0.1) is 0 Å². The molecule has 0 saturated carbocycles. The number of hydrogen-bond donors (Lipinski definition) is 2. The first-order chi connectivity index (χ1) is 7.68. The van der Waals surface area contributed by atoms with Crippen molar-refractivity contribution in [1.82, 2.24) is 0 Å². The van der Waals surface area contributed by atoms with Crippen molar-refractivity contribution in [3.8, 4) is 11.5 Å². The van der Waals surface area contributed by atoms with Crippen LogP contribution in [0.3, 0.4) is 0 Å². The van der Waals surface area contributed by atoms with Crippen LogP contribution in [0.1, 0.15) is 16.7 Å². The van der Waals surface area contributed by atoms with Crippen molar-refractivity contribution in [2.24, 2.45) is 0 Å². The molecule has 0 atom stereocenters. The number of hydrogen-bond acceptors (Lipinski definition) is 2. The Bertz CT molecular complexity index is 490. The molecule has 2 nitrogen and oxygen atoms in total. The van der Waals surface area contributed by atoms with Crippen molar-refractivity contribution in [1.29, 1.82) is 0 Å². The third-order valence-electron chi connectivity index (χ3n) is 2.76. The Morgan fingerprint density at radius 2 is 1.62 bits per heavy atom. The number of rotatable bonds is 2. The quantitative estimate of drug-likeness (QED) is 0.754. The molecule has 0 fully saturated rings. The molecule has 0 bridgehead atoms. The van der Waals surface area contributed by atoms with Gasteiger partial charge in [-0.3, -0.25) is 0 Å². The van der Waals surface area contributed by atoms with E-state index in [9.17, 15) is 10.2 Å². The topological polar surface area (TPSA) is 40.5 Å². The normalized spacial score (nSPS) is 10.3. The molecule has 0 radical (unpaired) electrons. The van der Waals surface area contributed by atoms with Gasteiger partial charge < -0.3 is 10.2 Å². The summed E-state index contributed by atoms with van der Waals surface area (Å²) in [4.78, 5) is 0. The molecule has 0 unspecified atom stereocenters. The maximum Gasteiger partial charge on any atom is 0.160 e. The zero-order valence-corrected chi connectivity index (χ0v) is 9.14. The van der Waals surface area contributed by atoms with Gasteiger partial charge in [-0.2, -0.15) is 0 Å². The van der Waals surface area contributed by atoms with Crippen molar-refractivity contribution in [3.05, 3.63) is 59.2 Å². The fraction of sp³-hybridized carbons (Fsp3) is 0.143. The Morgan fingerprint density at radius 3 is 2.31 bits per heavy atom. The molecule has 0 aromatic heterocycles. The summed E-state index contributed by atoms with van der Waals surface area (Å²) < 4.78 is 0. The Labute approximate surface area is 94.8 Å². The summed E-state index contributed by atoms with van der Waals surface area (Å²) in [6, 6.07) is 13.4. The van der Waals surface area contributed by atoms with Crippen molar-refractivity contribution in [3.63, 3.8) is 0 Å². The smallest absolute Gasteiger partial charge is 0.160 e. The van der Waals surface area contributed by atoms with Gasteiger partial charge in [-0.15, -0.1) is 0 Å². The van der Waals surface area contributed by atoms with Gasteiger partial charge in [0, 0.05) is 0 Å². The molecular formula is C14H14O2. The average Bonchev–Trinajstić information content (AvgIpc) is 2.31. The number of benzene rings is 2. The second kappa shape index (κ2) is 4.27. The van der Waals surface area contributed by atoms with Gasteiger partial charge in [0.25, 0.3) is 0 Å². The molecule has 2 aromatic carbocycles. The van der Waals surface area contributed by atoms with Gasteiger partial charge in [-0.05, 0) is 36.1 Å². The molecule has 0 amide bonds. The molecular weight excluding hydrogens is 200 g/mol. The van der Waals surface area contributed by atoms with Crippen LogP contribution in [0.5, 0.6) is 11.5 Å². The Kier molecular flexibility index (Phi) is 2.82. The van der Waals surface area contributed by atoms with Crippen LogP contribution in [0.25, 0.3) is 0 Å². The van der Waals surface area contributed by atoms with E-state index in [1.165, 1.54) is 11.6 Å². The first-order valence-corrected chi connectivity index (χ1v) is 5.23. The summed E-state index contributed by atoms with van der Waals surface area (Å²) in [5.74, 6) is -0.0808. The predicted octanol–water partition coefficient (Wildman–Crippen LogP) is 3.00. The second-order valence-corrected chi connectivity index (χ2v) is 3.88. The van der Waals surface area contributed by atoms with E-state index >= 15 is 0 Å². The first-order valence-electron chi connectivity index (χ1n) is 5.23. The molecule has 2 heteroatoms. The lowest BCUT2D eigenvalue weighted by Gasteiger charge is -2.08. The third-order valence-corrected chi connectivity index (χ3v) is 2.76. The van der Waals surface area contributed by atoms with E-state index in [4.69, 9.17) is 0 Å². The van der Waals surface area contributed by atoms with Crippen molar-refractivity contribution in [2.45, 2.75) is 13.3 Å². The lowest BCUT2D eigenvalue weighted by Crippen LogP contribution is -1.92. The molecule has 0 aliphatic rings. The summed E-state index contributed by atoms with van der Waals surface area (Å²) >= 11 is 0. The predicted molar refractivity (Wildman–Crippen MR) is 63.8 cm³/mol. The molecule has 0 aliphatic carbocycles. The van der Waals surface area contributed by atoms with Crippen LogP contribution in [0.4, 0.5) is 0 Å². The molecule has 82 valence electrons. The molecule has 2 rings (SSSR count). The first kappa shape index (κ1) is 10.6. The van der Waals surface area contributed by atoms with E-state index < -0.39 is 0 Å². The van der Waals surface area contributed by atoms with Crippen LogP contribution in [-0.4, -0.2) is 10.2 Å². The second-order valence-electron chi connectivity index (χ2n) is 3.88. The highest BCUT2D eigenvalue weighted by molar-refractivity contribution is 5.49. The van der Waals surface area contributed by atoms with Crippen molar-refractivity contribution in [2.75, 3.05) is 0 Å². The lowest BCUT2D eigenvalue weighted by molar-refractivity contribution is 0.400. The van der Waals surface area contributed by atoms with Gasteiger partial charge in [-0.1, -0.05) is 36.4 Å². The van der Waals surface area contributed by atoms with E-state index in [1.54, 1.807) is 0 Å². The fourth-order valence-electron chi connectivity index (χ4n) is 1.73. The van der Waals surface area contributed by atoms with E-state index in [2.05, 4.69) is 0 Å². The Morgan fingerprint density at radius 1 is 0.938 bits per heavy atom. The molecule has 0 spiro atoms. The van der Waals surface area contributed by atoms with Gasteiger partial charge >= 0.3 is 0 Å². The Balaban J connectivity index is 2.33. The van der Waals surface area contributed by atoms with E-state index in [1.807, 2.05) is 43.3 Å². The van der Waals surface area contributed by atoms with E-state index in [-0.39, 0.29) is 11.5 Å². The van der Waals surface area contributed by atoms with Crippen LogP contribution < -0.4 is 0 Å². The van der Waals surface area contributed by atoms with Crippen LogP contribution in [0.15, 0.2) is 42.5 Å². The minimum atomic E-state index is -0.0608. The Hall–Kier alpha value is -1.96. The molecule has 2 N–H and O–H groups in total. The average molecular weight is 214 g/mol. The van der Waals surface area contributed by atoms with E-state index in [0.717, 1.165) is 17.5 Å². The number of phenolic OH excluding ortho intramolecular Hbond substituents is 2. The zero-order valence-electron chi connectivity index (χ0n) is 9.14. The molecule has 2 aromatic rings.